The fraction of sp³-hybridized carbons (Fsp3) is 0.429. The van der Waals surface area contributed by atoms with E-state index in [1.54, 1.807) is 19.6 Å². The first-order valence-electron chi connectivity index (χ1n) is 3.15. The van der Waals surface area contributed by atoms with Crippen molar-refractivity contribution in [3.8, 4) is 0 Å². The first-order chi connectivity index (χ1) is 4.85. The van der Waals surface area contributed by atoms with E-state index in [-0.39, 0.29) is 0 Å². The van der Waals surface area contributed by atoms with Crippen molar-refractivity contribution in [3.63, 3.8) is 0 Å². The van der Waals surface area contributed by atoms with Crippen molar-refractivity contribution < 1.29 is 4.79 Å². The smallest absolute Gasteiger partial charge is 0.144 e. The lowest BCUT2D eigenvalue weighted by atomic mass is 10.6. The van der Waals surface area contributed by atoms with Crippen LogP contribution in [0.5, 0.6) is 0 Å². The van der Waals surface area contributed by atoms with E-state index in [4.69, 9.17) is 0 Å². The molecule has 0 radical (unpaired) electrons. The third-order valence-electron chi connectivity index (χ3n) is 0.985. The van der Waals surface area contributed by atoms with Gasteiger partial charge in [-0.05, 0) is 13.0 Å². The van der Waals surface area contributed by atoms with Crippen LogP contribution < -0.4 is 0 Å². The molecule has 3 heteroatoms. The molecule has 0 bridgehead atoms. The first-order valence-corrected chi connectivity index (χ1v) is 3.15. The second-order valence-corrected chi connectivity index (χ2v) is 1.68. The van der Waals surface area contributed by atoms with E-state index >= 15 is 0 Å². The Balaban J connectivity index is 3.81. The van der Waals surface area contributed by atoms with Crippen molar-refractivity contribution in [1.29, 1.82) is 0 Å². The van der Waals surface area contributed by atoms with Crippen LogP contribution in [0.25, 0.3) is 0 Å². The highest BCUT2D eigenvalue weighted by Gasteiger charge is 1.85. The summed E-state index contributed by atoms with van der Waals surface area (Å²) in [6, 6.07) is 0. The Labute approximate surface area is 61.1 Å². The Morgan fingerprint density at radius 3 is 2.70 bits per heavy atom. The zero-order chi connectivity index (χ0) is 7.82. The van der Waals surface area contributed by atoms with Crippen molar-refractivity contribution in [2.75, 3.05) is 13.6 Å². The molecule has 0 rings (SSSR count). The SMILES string of the molecule is CCN(C=CC=O)/C=N\C. The van der Waals surface area contributed by atoms with Crippen molar-refractivity contribution in [1.82, 2.24) is 4.90 Å². The predicted octanol–water partition coefficient (Wildman–Crippen LogP) is 0.679. The van der Waals surface area contributed by atoms with Crippen molar-refractivity contribution in [2.45, 2.75) is 6.92 Å². The molecule has 0 aromatic carbocycles. The third-order valence-corrected chi connectivity index (χ3v) is 0.985. The molecule has 56 valence electrons. The second-order valence-electron chi connectivity index (χ2n) is 1.68. The summed E-state index contributed by atoms with van der Waals surface area (Å²) >= 11 is 0. The average Bonchev–Trinajstić information content (AvgIpc) is 1.98. The quantitative estimate of drug-likeness (QED) is 0.249. The topological polar surface area (TPSA) is 32.7 Å². The van der Waals surface area contributed by atoms with Crippen LogP contribution in [0.3, 0.4) is 0 Å². The summed E-state index contributed by atoms with van der Waals surface area (Å²) in [5.41, 5.74) is 0. The third kappa shape index (κ3) is 3.83. The summed E-state index contributed by atoms with van der Waals surface area (Å²) in [6.45, 7) is 2.80. The second kappa shape index (κ2) is 6.01. The van der Waals surface area contributed by atoms with Gasteiger partial charge < -0.3 is 4.90 Å². The number of carbonyl (C=O) groups excluding carboxylic acids is 1. The number of aliphatic imine (C=N–C) groups is 1. The van der Waals surface area contributed by atoms with Gasteiger partial charge in [-0.1, -0.05) is 0 Å². The summed E-state index contributed by atoms with van der Waals surface area (Å²) in [7, 11) is 1.69. The van der Waals surface area contributed by atoms with Crippen LogP contribution in [0, 0.1) is 0 Å². The highest BCUT2D eigenvalue weighted by atomic mass is 16.1. The van der Waals surface area contributed by atoms with E-state index in [1.807, 2.05) is 11.8 Å². The normalized spacial score (nSPS) is 11.0. The molecule has 0 spiro atoms. The monoisotopic (exact) mass is 140 g/mol. The minimum Gasteiger partial charge on any atom is -0.340 e. The minimum atomic E-state index is 0.742. The van der Waals surface area contributed by atoms with Gasteiger partial charge >= 0.3 is 0 Å². The Hall–Kier alpha value is -1.12. The molecule has 0 heterocycles. The molecule has 0 saturated heterocycles. The maximum Gasteiger partial charge on any atom is 0.144 e. The van der Waals surface area contributed by atoms with Gasteiger partial charge in [0.15, 0.2) is 0 Å². The lowest BCUT2D eigenvalue weighted by molar-refractivity contribution is -0.104. The average molecular weight is 140 g/mol. The van der Waals surface area contributed by atoms with Gasteiger partial charge in [-0.3, -0.25) is 9.79 Å². The Morgan fingerprint density at radius 1 is 1.60 bits per heavy atom. The molecule has 0 aromatic heterocycles. The summed E-state index contributed by atoms with van der Waals surface area (Å²) < 4.78 is 0. The molecule has 0 aromatic rings. The first kappa shape index (κ1) is 8.88. The van der Waals surface area contributed by atoms with Gasteiger partial charge in [0.1, 0.15) is 6.29 Å². The van der Waals surface area contributed by atoms with E-state index in [0.29, 0.717) is 0 Å². The summed E-state index contributed by atoms with van der Waals surface area (Å²) in [5, 5.41) is 0. The van der Waals surface area contributed by atoms with Crippen LogP contribution in [0.2, 0.25) is 0 Å². The van der Waals surface area contributed by atoms with Gasteiger partial charge in [0, 0.05) is 19.8 Å². The predicted molar refractivity (Wildman–Crippen MR) is 42.0 cm³/mol. The van der Waals surface area contributed by atoms with Crippen LogP contribution in [0.1, 0.15) is 6.92 Å². The molecule has 0 fully saturated rings. The van der Waals surface area contributed by atoms with Crippen LogP contribution in [0.15, 0.2) is 17.3 Å². The molecule has 3 nitrogen and oxygen atoms in total. The number of allylic oxidation sites excluding steroid dienone is 1. The molecule has 0 N–H and O–H groups in total. The molecule has 0 saturated carbocycles. The van der Waals surface area contributed by atoms with Gasteiger partial charge in [0.2, 0.25) is 0 Å². The molecule has 0 aliphatic carbocycles. The largest absolute Gasteiger partial charge is 0.340 e. The van der Waals surface area contributed by atoms with E-state index in [0.717, 1.165) is 12.8 Å². The molecule has 0 aliphatic rings. The van der Waals surface area contributed by atoms with Gasteiger partial charge in [-0.15, -0.1) is 0 Å². The van der Waals surface area contributed by atoms with Crippen molar-refractivity contribution in [2.24, 2.45) is 4.99 Å². The van der Waals surface area contributed by atoms with Crippen LogP contribution >= 0.6 is 0 Å². The fourth-order valence-corrected chi connectivity index (χ4v) is 0.520. The van der Waals surface area contributed by atoms with E-state index in [1.165, 1.54) is 6.08 Å². The Morgan fingerprint density at radius 2 is 2.30 bits per heavy atom. The summed E-state index contributed by atoms with van der Waals surface area (Å²) in [6.07, 6.45) is 5.53. The van der Waals surface area contributed by atoms with Gasteiger partial charge in [0.05, 0.1) is 6.34 Å². The molecular formula is C7H12N2O. The van der Waals surface area contributed by atoms with Crippen LogP contribution in [0.4, 0.5) is 0 Å². The van der Waals surface area contributed by atoms with Gasteiger partial charge in [0.25, 0.3) is 0 Å². The fourth-order valence-electron chi connectivity index (χ4n) is 0.520. The van der Waals surface area contributed by atoms with E-state index in [9.17, 15) is 4.79 Å². The molecule has 0 unspecified atom stereocenters. The highest BCUT2D eigenvalue weighted by molar-refractivity contribution is 5.66. The Kier molecular flexibility index (Phi) is 5.33. The zero-order valence-electron chi connectivity index (χ0n) is 6.32. The molecule has 0 aliphatic heterocycles. The number of hydrogen-bond acceptors (Lipinski definition) is 2. The molecule has 0 amide bonds. The van der Waals surface area contributed by atoms with Gasteiger partial charge in [-0.25, -0.2) is 0 Å². The molecule has 10 heavy (non-hydrogen) atoms. The molecular weight excluding hydrogens is 128 g/mol. The summed E-state index contributed by atoms with van der Waals surface area (Å²) in [4.78, 5) is 15.5. The standard InChI is InChI=1S/C7H12N2O/c1-3-9(7-8-2)5-4-6-10/h4-7H,3H2,1-2H3/b5-4?,8-7-. The zero-order valence-corrected chi connectivity index (χ0v) is 6.32. The molecule has 0 atom stereocenters. The van der Waals surface area contributed by atoms with Crippen molar-refractivity contribution in [3.05, 3.63) is 12.3 Å². The van der Waals surface area contributed by atoms with E-state index in [2.05, 4.69) is 4.99 Å². The number of nitrogens with zero attached hydrogens (tertiary/aromatic N) is 2. The summed E-state index contributed by atoms with van der Waals surface area (Å²) in [5.74, 6) is 0. The Bertz CT molecular complexity index is 141. The van der Waals surface area contributed by atoms with Crippen molar-refractivity contribution >= 4 is 12.6 Å². The number of hydrogen-bond donors (Lipinski definition) is 0. The lowest BCUT2D eigenvalue weighted by Crippen LogP contribution is -2.13. The lowest BCUT2D eigenvalue weighted by Gasteiger charge is -2.08. The van der Waals surface area contributed by atoms with Crippen LogP contribution in [-0.2, 0) is 4.79 Å². The number of aldehydes is 1. The van der Waals surface area contributed by atoms with Gasteiger partial charge in [-0.2, -0.15) is 0 Å². The minimum absolute atomic E-state index is 0.742. The number of carbonyl (C=O) groups is 1. The number of rotatable bonds is 4. The maximum absolute atomic E-state index is 9.87. The highest BCUT2D eigenvalue weighted by Crippen LogP contribution is 1.82. The van der Waals surface area contributed by atoms with E-state index < -0.39 is 0 Å². The maximum atomic E-state index is 9.87. The van der Waals surface area contributed by atoms with Crippen LogP contribution in [-0.4, -0.2) is 31.1 Å².